The first-order valence-corrected chi connectivity index (χ1v) is 19.7. The molecule has 1 saturated heterocycles. The van der Waals surface area contributed by atoms with E-state index in [0.717, 1.165) is 65.4 Å². The van der Waals surface area contributed by atoms with Crippen LogP contribution in [-0.2, 0) is 25.4 Å². The maximum Gasteiger partial charge on any atom is 0.126 e. The van der Waals surface area contributed by atoms with Gasteiger partial charge in [0.15, 0.2) is 0 Å². The molecule has 1 aliphatic heterocycles. The van der Waals surface area contributed by atoms with Crippen LogP contribution in [0.5, 0.6) is 11.5 Å². The first kappa shape index (κ1) is 38.7. The van der Waals surface area contributed by atoms with Crippen molar-refractivity contribution in [2.24, 2.45) is 11.8 Å². The lowest BCUT2D eigenvalue weighted by atomic mass is 9.88. The summed E-state index contributed by atoms with van der Waals surface area (Å²) in [7, 11) is 0. The Balaban J connectivity index is 1.74. The molecule has 7 nitrogen and oxygen atoms in total. The Labute approximate surface area is 301 Å². The highest BCUT2D eigenvalue weighted by molar-refractivity contribution is 14.1. The molecule has 0 aromatic heterocycles. The van der Waals surface area contributed by atoms with E-state index in [1.54, 1.807) is 0 Å². The van der Waals surface area contributed by atoms with Gasteiger partial charge in [0, 0.05) is 34.8 Å². The molecule has 2 aromatic rings. The van der Waals surface area contributed by atoms with Crippen LogP contribution in [0.25, 0.3) is 0 Å². The average molecular weight is 787 g/mol. The number of unbranched alkanes of at least 4 members (excludes halogenated alkanes) is 3. The van der Waals surface area contributed by atoms with Crippen molar-refractivity contribution in [1.29, 1.82) is 0 Å². The molecule has 1 N–H and O–H groups in total. The van der Waals surface area contributed by atoms with E-state index < -0.39 is 30.5 Å². The molecule has 9 heteroatoms. The Morgan fingerprint density at radius 3 is 2.04 bits per heavy atom. The van der Waals surface area contributed by atoms with Gasteiger partial charge in [-0.15, -0.1) is 0 Å². The van der Waals surface area contributed by atoms with Gasteiger partial charge < -0.3 is 33.5 Å². The first-order chi connectivity index (χ1) is 23.0. The van der Waals surface area contributed by atoms with Crippen LogP contribution in [0.3, 0.4) is 0 Å². The third-order valence-electron chi connectivity index (χ3n) is 9.07. The van der Waals surface area contributed by atoms with Crippen molar-refractivity contribution in [3.05, 3.63) is 58.1 Å². The predicted molar refractivity (Wildman–Crippen MR) is 196 cm³/mol. The Morgan fingerprint density at radius 1 is 0.830 bits per heavy atom. The summed E-state index contributed by atoms with van der Waals surface area (Å²) < 4.78 is 39.9. The van der Waals surface area contributed by atoms with Gasteiger partial charge in [0.25, 0.3) is 0 Å². The predicted octanol–water partition coefficient (Wildman–Crippen LogP) is 8.77. The fraction of sp³-hybridized carbons (Fsp3) is 0.684. The van der Waals surface area contributed by atoms with Crippen molar-refractivity contribution >= 4 is 34.2 Å². The molecule has 1 heterocycles. The molecule has 7 atom stereocenters. The number of hydrogen-bond acceptors (Lipinski definition) is 7. The van der Waals surface area contributed by atoms with Crippen molar-refractivity contribution in [3.8, 4) is 11.5 Å². The number of aliphatic hydroxyl groups is 1. The summed E-state index contributed by atoms with van der Waals surface area (Å²) in [6.07, 6.45) is 5.15. The summed E-state index contributed by atoms with van der Waals surface area (Å²) in [6.45, 7) is 11.2. The highest BCUT2D eigenvalue weighted by Crippen LogP contribution is 2.45. The van der Waals surface area contributed by atoms with Crippen LogP contribution in [0.15, 0.2) is 36.4 Å². The minimum absolute atomic E-state index is 0.190. The van der Waals surface area contributed by atoms with Crippen LogP contribution in [0, 0.1) is 11.8 Å². The van der Waals surface area contributed by atoms with Crippen molar-refractivity contribution in [2.45, 2.75) is 110 Å². The van der Waals surface area contributed by atoms with Crippen LogP contribution in [0.4, 0.5) is 0 Å². The van der Waals surface area contributed by atoms with Crippen LogP contribution in [0.2, 0.25) is 5.02 Å². The van der Waals surface area contributed by atoms with Gasteiger partial charge in [0.05, 0.1) is 19.8 Å². The molecule has 264 valence electrons. The standard InChI is InChI=1S/C38H56ClIO7/c1-5-9-16-43-36-34(24-41)47-35(37(44-17-10-6-2)38(36)45-18-11-7-3)31-21-27(19-26-12-14-30(15-13-26)42-8-4)32(39)22-33(31)46-25-29-20-28(29)23-40/h12-15,21-22,28-29,34-38,41H,5-11,16-20,23-25H2,1-4H3/t28-,29+,34-,35+,36-,37+,38?/m1/s1. The third kappa shape index (κ3) is 11.2. The van der Waals surface area contributed by atoms with Crippen molar-refractivity contribution in [1.82, 2.24) is 0 Å². The maximum absolute atomic E-state index is 10.7. The zero-order valence-electron chi connectivity index (χ0n) is 28.8. The molecule has 2 aromatic carbocycles. The second-order valence-electron chi connectivity index (χ2n) is 12.8. The molecule has 1 aliphatic carbocycles. The smallest absolute Gasteiger partial charge is 0.126 e. The molecule has 2 fully saturated rings. The largest absolute Gasteiger partial charge is 0.494 e. The molecular weight excluding hydrogens is 731 g/mol. The highest BCUT2D eigenvalue weighted by atomic mass is 127. The number of benzene rings is 2. The summed E-state index contributed by atoms with van der Waals surface area (Å²) >= 11 is 9.46. The van der Waals surface area contributed by atoms with E-state index in [1.165, 1.54) is 6.42 Å². The minimum Gasteiger partial charge on any atom is -0.494 e. The van der Waals surface area contributed by atoms with Gasteiger partial charge in [-0.05, 0) is 86.3 Å². The van der Waals surface area contributed by atoms with Gasteiger partial charge >= 0.3 is 0 Å². The summed E-state index contributed by atoms with van der Waals surface area (Å²) in [5.74, 6) is 2.78. The molecule has 2 aliphatic rings. The third-order valence-corrected chi connectivity index (χ3v) is 10.6. The Hall–Kier alpha value is -1.14. The molecule has 1 unspecified atom stereocenters. The van der Waals surface area contributed by atoms with Crippen LogP contribution >= 0.6 is 34.2 Å². The minimum atomic E-state index is -0.584. The van der Waals surface area contributed by atoms with Gasteiger partial charge in [0.2, 0.25) is 0 Å². The Bertz CT molecular complexity index is 1180. The first-order valence-electron chi connectivity index (χ1n) is 17.8. The molecule has 0 spiro atoms. The zero-order valence-corrected chi connectivity index (χ0v) is 31.7. The fourth-order valence-electron chi connectivity index (χ4n) is 6.07. The summed E-state index contributed by atoms with van der Waals surface area (Å²) in [6, 6.07) is 12.2. The number of rotatable bonds is 22. The van der Waals surface area contributed by atoms with E-state index in [1.807, 2.05) is 25.1 Å². The van der Waals surface area contributed by atoms with E-state index in [-0.39, 0.29) is 6.61 Å². The molecule has 4 rings (SSSR count). The SMILES string of the molecule is CCCCOC1[C@@H](OCCCC)[C@H](c2cc(Cc3ccc(OCC)cc3)c(Cl)cc2OC[C@@H]2C[C@@H]2CI)O[C@H](CO)[C@H]1OCCCC. The van der Waals surface area contributed by atoms with Gasteiger partial charge in [-0.3, -0.25) is 0 Å². The number of ether oxygens (including phenoxy) is 6. The molecule has 47 heavy (non-hydrogen) atoms. The fourth-order valence-corrected chi connectivity index (χ4v) is 7.37. The van der Waals surface area contributed by atoms with Crippen molar-refractivity contribution in [2.75, 3.05) is 44.1 Å². The van der Waals surface area contributed by atoms with E-state index >= 15 is 0 Å². The van der Waals surface area contributed by atoms with E-state index in [2.05, 4.69) is 61.6 Å². The summed E-state index contributed by atoms with van der Waals surface area (Å²) in [4.78, 5) is 0. The number of aliphatic hydroxyl groups excluding tert-OH is 1. The quantitative estimate of drug-likeness (QED) is 0.0727. The van der Waals surface area contributed by atoms with Gasteiger partial charge in [-0.1, -0.05) is 86.4 Å². The normalized spacial score (nSPS) is 25.6. The highest BCUT2D eigenvalue weighted by Gasteiger charge is 2.49. The van der Waals surface area contributed by atoms with Crippen molar-refractivity contribution in [3.63, 3.8) is 0 Å². The Kier molecular flexibility index (Phi) is 16.9. The van der Waals surface area contributed by atoms with E-state index in [4.69, 9.17) is 40.0 Å². The average Bonchev–Trinajstić information content (AvgIpc) is 3.85. The monoisotopic (exact) mass is 786 g/mol. The van der Waals surface area contributed by atoms with Crippen LogP contribution in [0.1, 0.15) is 95.4 Å². The topological polar surface area (TPSA) is 75.6 Å². The van der Waals surface area contributed by atoms with Crippen LogP contribution < -0.4 is 9.47 Å². The zero-order chi connectivity index (χ0) is 33.6. The molecule has 0 amide bonds. The lowest BCUT2D eigenvalue weighted by molar-refractivity contribution is -0.266. The molecule has 0 bridgehead atoms. The van der Waals surface area contributed by atoms with E-state index in [9.17, 15) is 5.11 Å². The maximum atomic E-state index is 10.7. The van der Waals surface area contributed by atoms with Crippen molar-refractivity contribution < 1.29 is 33.5 Å². The van der Waals surface area contributed by atoms with Gasteiger partial charge in [-0.25, -0.2) is 0 Å². The van der Waals surface area contributed by atoms with E-state index in [0.29, 0.717) is 62.1 Å². The summed E-state index contributed by atoms with van der Waals surface area (Å²) in [5.41, 5.74) is 2.96. The Morgan fingerprint density at radius 2 is 1.47 bits per heavy atom. The lowest BCUT2D eigenvalue weighted by Crippen LogP contribution is -2.58. The van der Waals surface area contributed by atoms with Crippen LogP contribution in [-0.4, -0.2) is 73.6 Å². The van der Waals surface area contributed by atoms with Gasteiger partial charge in [0.1, 0.15) is 42.0 Å². The van der Waals surface area contributed by atoms with Gasteiger partial charge in [-0.2, -0.15) is 0 Å². The molecule has 1 saturated carbocycles. The molecule has 0 radical (unpaired) electrons. The number of halogens is 2. The summed E-state index contributed by atoms with van der Waals surface area (Å²) in [5, 5.41) is 11.3. The second-order valence-corrected chi connectivity index (χ2v) is 14.1. The second kappa shape index (κ2) is 20.5. The number of hydrogen-bond donors (Lipinski definition) is 1. The number of alkyl halides is 1. The molecular formula is C38H56ClIO7. The lowest BCUT2D eigenvalue weighted by Gasteiger charge is -2.46.